The molecular formula is C32H40F3N7O. The fraction of sp³-hybridized carbons (Fsp3) is 0.438. The highest BCUT2D eigenvalue weighted by Gasteiger charge is 2.39. The van der Waals surface area contributed by atoms with E-state index in [1.165, 1.54) is 0 Å². The van der Waals surface area contributed by atoms with Gasteiger partial charge in [0.2, 0.25) is 5.95 Å². The molecule has 0 saturated carbocycles. The lowest BCUT2D eigenvalue weighted by molar-refractivity contribution is -0.137. The van der Waals surface area contributed by atoms with Crippen LogP contribution in [0.3, 0.4) is 0 Å². The second-order valence-corrected chi connectivity index (χ2v) is 11.9. The molecule has 0 bridgehead atoms. The molecule has 0 radical (unpaired) electrons. The van der Waals surface area contributed by atoms with Gasteiger partial charge in [-0.25, -0.2) is 4.98 Å². The van der Waals surface area contributed by atoms with E-state index in [0.717, 1.165) is 60.6 Å². The van der Waals surface area contributed by atoms with Crippen LogP contribution in [0.15, 0.2) is 54.9 Å². The number of nitrogens with zero attached hydrogens (tertiary/aromatic N) is 5. The van der Waals surface area contributed by atoms with Crippen LogP contribution in [0.5, 0.6) is 5.75 Å². The quantitative estimate of drug-likeness (QED) is 0.301. The molecule has 0 atom stereocenters. The molecule has 2 N–H and O–H groups in total. The third-order valence-electron chi connectivity index (χ3n) is 8.62. The number of hydrogen-bond donors (Lipinski definition) is 2. The van der Waals surface area contributed by atoms with E-state index >= 15 is 0 Å². The van der Waals surface area contributed by atoms with E-state index < -0.39 is 11.7 Å². The fourth-order valence-electron chi connectivity index (χ4n) is 6.00. The summed E-state index contributed by atoms with van der Waals surface area (Å²) in [6.45, 7) is 16.7. The summed E-state index contributed by atoms with van der Waals surface area (Å²) in [5.41, 5.74) is 4.11. The van der Waals surface area contributed by atoms with E-state index in [1.807, 2.05) is 48.3 Å². The Kier molecular flexibility index (Phi) is 8.22. The van der Waals surface area contributed by atoms with Crippen molar-refractivity contribution in [2.24, 2.45) is 0 Å². The lowest BCUT2D eigenvalue weighted by Gasteiger charge is -2.38. The maximum atomic E-state index is 14.0. The molecule has 1 aromatic heterocycles. The Balaban J connectivity index is 1.38. The topological polar surface area (TPSA) is 68.8 Å². The van der Waals surface area contributed by atoms with Crippen molar-refractivity contribution >= 4 is 28.8 Å². The number of halogens is 3. The SMILES string of the molecule is C=C1N(C)c2cccc(CNc3nc(Nc4ccc(N5CCN(C(C)C)CC5)cc4OC)ncc3C(F)(F)F)c2C1(C)C. The zero-order valence-corrected chi connectivity index (χ0v) is 25.6. The zero-order valence-electron chi connectivity index (χ0n) is 25.6. The van der Waals surface area contributed by atoms with E-state index in [4.69, 9.17) is 4.74 Å². The van der Waals surface area contributed by atoms with Gasteiger partial charge in [0.15, 0.2) is 0 Å². The van der Waals surface area contributed by atoms with Crippen LogP contribution in [0.1, 0.15) is 44.4 Å². The van der Waals surface area contributed by atoms with Crippen molar-refractivity contribution in [3.8, 4) is 5.75 Å². The highest BCUT2D eigenvalue weighted by molar-refractivity contribution is 5.72. The van der Waals surface area contributed by atoms with Gasteiger partial charge >= 0.3 is 6.18 Å². The number of hydrogen-bond acceptors (Lipinski definition) is 8. The van der Waals surface area contributed by atoms with Crippen molar-refractivity contribution in [1.29, 1.82) is 0 Å². The number of aromatic nitrogens is 2. The van der Waals surface area contributed by atoms with E-state index in [9.17, 15) is 13.2 Å². The molecule has 0 unspecified atom stereocenters. The van der Waals surface area contributed by atoms with Gasteiger partial charge in [-0.1, -0.05) is 32.6 Å². The van der Waals surface area contributed by atoms with Crippen molar-refractivity contribution in [1.82, 2.24) is 14.9 Å². The first-order valence-electron chi connectivity index (χ1n) is 14.5. The standard InChI is InChI=1S/C32H40F3N7O/c1-20(2)41-13-15-42(16-14-41)23-11-12-25(27(17-23)43-7)38-30-37-19-24(32(33,34)35)29(39-30)36-18-22-9-8-10-26-28(22)31(4,5)21(3)40(26)6/h8-12,17,19-20H,3,13-16,18H2,1-2,4-7H3,(H2,36,37,38,39). The van der Waals surface area contributed by atoms with Crippen LogP contribution in [0.4, 0.5) is 42.0 Å². The lowest BCUT2D eigenvalue weighted by atomic mass is 9.81. The van der Waals surface area contributed by atoms with Gasteiger partial charge in [-0.05, 0) is 43.2 Å². The summed E-state index contributed by atoms with van der Waals surface area (Å²) in [6, 6.07) is 12.1. The number of fused-ring (bicyclic) bond motifs is 1. The second-order valence-electron chi connectivity index (χ2n) is 11.9. The van der Waals surface area contributed by atoms with E-state index in [-0.39, 0.29) is 23.7 Å². The number of allylic oxidation sites excluding steroid dienone is 1. The Morgan fingerprint density at radius 1 is 1.09 bits per heavy atom. The Bertz CT molecular complexity index is 1500. The zero-order chi connectivity index (χ0) is 31.1. The first kappa shape index (κ1) is 30.5. The molecule has 11 heteroatoms. The Morgan fingerprint density at radius 3 is 2.47 bits per heavy atom. The first-order valence-corrected chi connectivity index (χ1v) is 14.5. The van der Waals surface area contributed by atoms with Crippen LogP contribution in [-0.2, 0) is 18.1 Å². The van der Waals surface area contributed by atoms with Crippen LogP contribution in [0.25, 0.3) is 0 Å². The predicted molar refractivity (Wildman–Crippen MR) is 167 cm³/mol. The predicted octanol–water partition coefficient (Wildman–Crippen LogP) is 6.63. The fourth-order valence-corrected chi connectivity index (χ4v) is 6.00. The van der Waals surface area contributed by atoms with Crippen LogP contribution >= 0.6 is 0 Å². The highest BCUT2D eigenvalue weighted by atomic mass is 19.4. The number of piperazine rings is 1. The largest absolute Gasteiger partial charge is 0.494 e. The molecule has 0 aliphatic carbocycles. The number of ether oxygens (including phenoxy) is 1. The van der Waals surface area contributed by atoms with Gasteiger partial charge in [-0.2, -0.15) is 18.2 Å². The molecular weight excluding hydrogens is 555 g/mol. The Morgan fingerprint density at radius 2 is 1.81 bits per heavy atom. The van der Waals surface area contributed by atoms with E-state index in [0.29, 0.717) is 17.5 Å². The number of likely N-dealkylation sites (N-methyl/N-ethyl adjacent to an activating group) is 1. The maximum Gasteiger partial charge on any atom is 0.421 e. The van der Waals surface area contributed by atoms with Crippen molar-refractivity contribution in [2.75, 3.05) is 60.8 Å². The van der Waals surface area contributed by atoms with E-state index in [2.05, 4.69) is 64.7 Å². The molecule has 5 rings (SSSR count). The molecule has 2 aromatic carbocycles. The third kappa shape index (κ3) is 5.95. The summed E-state index contributed by atoms with van der Waals surface area (Å²) in [5, 5.41) is 6.01. The van der Waals surface area contributed by atoms with Crippen molar-refractivity contribution in [2.45, 2.75) is 51.9 Å². The van der Waals surface area contributed by atoms with Gasteiger partial charge < -0.3 is 25.2 Å². The summed E-state index contributed by atoms with van der Waals surface area (Å²) in [6.07, 6.45) is -3.83. The van der Waals surface area contributed by atoms with Crippen molar-refractivity contribution in [3.63, 3.8) is 0 Å². The van der Waals surface area contributed by atoms with Crippen LogP contribution in [0.2, 0.25) is 0 Å². The Labute approximate surface area is 251 Å². The van der Waals surface area contributed by atoms with Crippen LogP contribution in [0, 0.1) is 0 Å². The van der Waals surface area contributed by atoms with Gasteiger partial charge in [0.25, 0.3) is 0 Å². The van der Waals surface area contributed by atoms with Gasteiger partial charge in [-0.3, -0.25) is 4.90 Å². The van der Waals surface area contributed by atoms with Crippen LogP contribution in [-0.4, -0.2) is 61.2 Å². The average molecular weight is 596 g/mol. The third-order valence-corrected chi connectivity index (χ3v) is 8.62. The molecule has 0 amide bonds. The first-order chi connectivity index (χ1) is 20.3. The minimum absolute atomic E-state index is 0.0267. The van der Waals surface area contributed by atoms with Gasteiger partial charge in [0, 0.05) is 80.6 Å². The van der Waals surface area contributed by atoms with Crippen LogP contribution < -0.4 is 25.2 Å². The maximum absolute atomic E-state index is 14.0. The summed E-state index contributed by atoms with van der Waals surface area (Å²) < 4.78 is 47.6. The van der Waals surface area contributed by atoms with E-state index in [1.54, 1.807) is 7.11 Å². The number of benzene rings is 2. The molecule has 2 aliphatic rings. The van der Waals surface area contributed by atoms with Gasteiger partial charge in [0.05, 0.1) is 12.8 Å². The lowest BCUT2D eigenvalue weighted by Crippen LogP contribution is -2.48. The smallest absolute Gasteiger partial charge is 0.421 e. The number of anilines is 5. The molecule has 43 heavy (non-hydrogen) atoms. The highest BCUT2D eigenvalue weighted by Crippen LogP contribution is 2.48. The van der Waals surface area contributed by atoms with Gasteiger partial charge in [-0.15, -0.1) is 0 Å². The number of alkyl halides is 3. The molecule has 0 spiro atoms. The molecule has 1 saturated heterocycles. The van der Waals surface area contributed by atoms with Gasteiger partial charge in [0.1, 0.15) is 17.1 Å². The summed E-state index contributed by atoms with van der Waals surface area (Å²) >= 11 is 0. The summed E-state index contributed by atoms with van der Waals surface area (Å²) in [4.78, 5) is 15.0. The second kappa shape index (κ2) is 11.6. The average Bonchev–Trinajstić information content (AvgIpc) is 3.15. The number of methoxy groups -OCH3 is 1. The summed E-state index contributed by atoms with van der Waals surface area (Å²) in [7, 11) is 3.51. The minimum Gasteiger partial charge on any atom is -0.494 e. The number of nitrogens with one attached hydrogen (secondary N) is 2. The monoisotopic (exact) mass is 595 g/mol. The molecule has 230 valence electrons. The molecule has 2 aliphatic heterocycles. The molecule has 8 nitrogen and oxygen atoms in total. The Hall–Kier alpha value is -3.99. The van der Waals surface area contributed by atoms with Crippen molar-refractivity contribution in [3.05, 3.63) is 71.6 Å². The number of rotatable bonds is 8. The van der Waals surface area contributed by atoms with Crippen molar-refractivity contribution < 1.29 is 17.9 Å². The summed E-state index contributed by atoms with van der Waals surface area (Å²) in [5.74, 6) is 0.274. The molecule has 3 heterocycles. The molecule has 1 fully saturated rings. The molecule has 3 aromatic rings. The minimum atomic E-state index is -4.63. The normalized spacial score (nSPS) is 16.9.